The van der Waals surface area contributed by atoms with Crippen molar-refractivity contribution in [2.45, 2.75) is 6.67 Å². The molecule has 0 bridgehead atoms. The fourth-order valence-corrected chi connectivity index (χ4v) is 0.899. The number of rotatable bonds is 3. The van der Waals surface area contributed by atoms with Crippen molar-refractivity contribution in [3.8, 4) is 5.75 Å². The first kappa shape index (κ1) is 9.40. The summed E-state index contributed by atoms with van der Waals surface area (Å²) in [5.74, 6) is 4.92. The number of nitro benzene ring substituents is 1. The van der Waals surface area contributed by atoms with Crippen LogP contribution in [0.2, 0.25) is 0 Å². The zero-order valence-corrected chi connectivity index (χ0v) is 6.57. The summed E-state index contributed by atoms with van der Waals surface area (Å²) < 4.78 is 12.3. The van der Waals surface area contributed by atoms with Crippen molar-refractivity contribution in [2.24, 2.45) is 5.90 Å². The van der Waals surface area contributed by atoms with Crippen molar-refractivity contribution in [3.63, 3.8) is 0 Å². The number of benzene rings is 1. The summed E-state index contributed by atoms with van der Waals surface area (Å²) in [5, 5.41) is 10.3. The van der Waals surface area contributed by atoms with Gasteiger partial charge in [-0.05, 0) is 6.07 Å². The standard InChI is InChI=1S/C7H7FN2O3/c8-4-5-3-6(10(11)12)1-2-7(5)13-9/h1-3H,4,9H2. The lowest BCUT2D eigenvalue weighted by Crippen LogP contribution is -2.04. The molecule has 2 N–H and O–H groups in total. The number of alkyl halides is 1. The van der Waals surface area contributed by atoms with Crippen LogP contribution in [0.3, 0.4) is 0 Å². The van der Waals surface area contributed by atoms with Gasteiger partial charge in [0.25, 0.3) is 5.69 Å². The number of hydrogen-bond donors (Lipinski definition) is 1. The molecule has 0 spiro atoms. The zero-order chi connectivity index (χ0) is 9.84. The van der Waals surface area contributed by atoms with Gasteiger partial charge in [-0.15, -0.1) is 0 Å². The van der Waals surface area contributed by atoms with Gasteiger partial charge in [-0.25, -0.2) is 4.39 Å². The molecule has 13 heavy (non-hydrogen) atoms. The SMILES string of the molecule is NOc1ccc([N+](=O)[O-])cc1CF. The first-order valence-electron chi connectivity index (χ1n) is 3.39. The largest absolute Gasteiger partial charge is 0.411 e. The molecule has 6 heteroatoms. The van der Waals surface area contributed by atoms with Gasteiger partial charge in [-0.3, -0.25) is 10.1 Å². The third kappa shape index (κ3) is 1.91. The van der Waals surface area contributed by atoms with E-state index in [1.165, 1.54) is 12.1 Å². The molecule has 1 aromatic carbocycles. The Hall–Kier alpha value is -1.69. The van der Waals surface area contributed by atoms with E-state index in [0.717, 1.165) is 6.07 Å². The molecule has 0 heterocycles. The number of non-ortho nitro benzene ring substituents is 1. The average Bonchev–Trinajstić information content (AvgIpc) is 2.16. The van der Waals surface area contributed by atoms with Gasteiger partial charge in [0.1, 0.15) is 6.67 Å². The summed E-state index contributed by atoms with van der Waals surface area (Å²) in [7, 11) is 0. The normalized spacial score (nSPS) is 9.69. The molecule has 5 nitrogen and oxygen atoms in total. The van der Waals surface area contributed by atoms with Gasteiger partial charge in [-0.1, -0.05) is 0 Å². The Kier molecular flexibility index (Phi) is 2.76. The van der Waals surface area contributed by atoms with Crippen LogP contribution in [0.4, 0.5) is 10.1 Å². The fraction of sp³-hybridized carbons (Fsp3) is 0.143. The maximum Gasteiger partial charge on any atom is 0.270 e. The topological polar surface area (TPSA) is 78.4 Å². The summed E-state index contributed by atoms with van der Waals surface area (Å²) in [6, 6.07) is 3.54. The molecule has 70 valence electrons. The van der Waals surface area contributed by atoms with E-state index in [4.69, 9.17) is 5.90 Å². The van der Waals surface area contributed by atoms with Gasteiger partial charge in [0.2, 0.25) is 0 Å². The zero-order valence-electron chi connectivity index (χ0n) is 6.57. The van der Waals surface area contributed by atoms with Gasteiger partial charge in [0.05, 0.1) is 4.92 Å². The highest BCUT2D eigenvalue weighted by atomic mass is 19.1. The van der Waals surface area contributed by atoms with Crippen LogP contribution < -0.4 is 10.7 Å². The van der Waals surface area contributed by atoms with E-state index in [9.17, 15) is 14.5 Å². The van der Waals surface area contributed by atoms with Crippen LogP contribution in [0, 0.1) is 10.1 Å². The van der Waals surface area contributed by atoms with E-state index < -0.39 is 11.6 Å². The Bertz CT molecular complexity index is 330. The summed E-state index contributed by atoms with van der Waals surface area (Å²) >= 11 is 0. The average molecular weight is 186 g/mol. The van der Waals surface area contributed by atoms with E-state index in [2.05, 4.69) is 4.84 Å². The lowest BCUT2D eigenvalue weighted by atomic mass is 10.2. The highest BCUT2D eigenvalue weighted by Gasteiger charge is 2.10. The Morgan fingerprint density at radius 2 is 2.31 bits per heavy atom. The van der Waals surface area contributed by atoms with Gasteiger partial charge >= 0.3 is 0 Å². The Morgan fingerprint density at radius 1 is 1.62 bits per heavy atom. The van der Waals surface area contributed by atoms with Gasteiger partial charge in [-0.2, -0.15) is 5.90 Å². The Balaban J connectivity index is 3.13. The maximum atomic E-state index is 12.3. The minimum Gasteiger partial charge on any atom is -0.411 e. The third-order valence-electron chi connectivity index (χ3n) is 1.53. The van der Waals surface area contributed by atoms with Crippen molar-refractivity contribution < 1.29 is 14.2 Å². The van der Waals surface area contributed by atoms with Crippen LogP contribution in [0.25, 0.3) is 0 Å². The van der Waals surface area contributed by atoms with Crippen LogP contribution in [-0.2, 0) is 6.67 Å². The molecule has 0 saturated carbocycles. The predicted molar refractivity (Wildman–Crippen MR) is 42.7 cm³/mol. The monoisotopic (exact) mass is 186 g/mol. The van der Waals surface area contributed by atoms with Crippen LogP contribution in [0.5, 0.6) is 5.75 Å². The fourth-order valence-electron chi connectivity index (χ4n) is 0.899. The van der Waals surface area contributed by atoms with E-state index in [-0.39, 0.29) is 17.0 Å². The third-order valence-corrected chi connectivity index (χ3v) is 1.53. The van der Waals surface area contributed by atoms with Crippen LogP contribution in [-0.4, -0.2) is 4.92 Å². The molecule has 0 atom stereocenters. The van der Waals surface area contributed by atoms with Crippen LogP contribution >= 0.6 is 0 Å². The predicted octanol–water partition coefficient (Wildman–Crippen LogP) is 1.32. The van der Waals surface area contributed by atoms with Gasteiger partial charge in [0, 0.05) is 17.7 Å². The van der Waals surface area contributed by atoms with Crippen LogP contribution in [0.15, 0.2) is 18.2 Å². The second kappa shape index (κ2) is 3.81. The molecule has 0 aliphatic carbocycles. The summed E-state index contributed by atoms with van der Waals surface area (Å²) in [4.78, 5) is 14.0. The smallest absolute Gasteiger partial charge is 0.270 e. The van der Waals surface area contributed by atoms with E-state index in [1.807, 2.05) is 0 Å². The molecule has 1 aromatic rings. The summed E-state index contributed by atoms with van der Waals surface area (Å²) in [5.41, 5.74) is -0.120. The molecule has 0 saturated heterocycles. The molecule has 0 aromatic heterocycles. The first-order valence-corrected chi connectivity index (χ1v) is 3.39. The number of halogens is 1. The molecule has 0 aliphatic rings. The van der Waals surface area contributed by atoms with Crippen molar-refractivity contribution >= 4 is 5.69 Å². The summed E-state index contributed by atoms with van der Waals surface area (Å²) in [6.45, 7) is -0.853. The van der Waals surface area contributed by atoms with Crippen molar-refractivity contribution in [1.82, 2.24) is 0 Å². The number of nitrogens with zero attached hydrogens (tertiary/aromatic N) is 1. The lowest BCUT2D eigenvalue weighted by Gasteiger charge is -2.02. The minimum atomic E-state index is -0.853. The second-order valence-corrected chi connectivity index (χ2v) is 2.30. The van der Waals surface area contributed by atoms with Crippen molar-refractivity contribution in [1.29, 1.82) is 0 Å². The quantitative estimate of drug-likeness (QED) is 0.570. The number of nitrogens with two attached hydrogens (primary N) is 1. The maximum absolute atomic E-state index is 12.3. The minimum absolute atomic E-state index is 0.0664. The second-order valence-electron chi connectivity index (χ2n) is 2.30. The lowest BCUT2D eigenvalue weighted by molar-refractivity contribution is -0.385. The highest BCUT2D eigenvalue weighted by molar-refractivity contribution is 5.43. The Labute approximate surface area is 73.0 Å². The number of hydrogen-bond acceptors (Lipinski definition) is 4. The van der Waals surface area contributed by atoms with Crippen molar-refractivity contribution in [2.75, 3.05) is 0 Å². The first-order chi connectivity index (χ1) is 6.19. The molecule has 0 amide bonds. The molecular formula is C7H7FN2O3. The van der Waals surface area contributed by atoms with E-state index in [0.29, 0.717) is 0 Å². The van der Waals surface area contributed by atoms with Gasteiger partial charge < -0.3 is 4.84 Å². The van der Waals surface area contributed by atoms with E-state index in [1.54, 1.807) is 0 Å². The molecule has 0 fully saturated rings. The molecule has 0 unspecified atom stereocenters. The van der Waals surface area contributed by atoms with Gasteiger partial charge in [0.15, 0.2) is 5.75 Å². The van der Waals surface area contributed by atoms with Crippen LogP contribution in [0.1, 0.15) is 5.56 Å². The number of nitro groups is 1. The Morgan fingerprint density at radius 3 is 2.77 bits per heavy atom. The molecule has 0 aliphatic heterocycles. The van der Waals surface area contributed by atoms with Crippen molar-refractivity contribution in [3.05, 3.63) is 33.9 Å². The molecule has 0 radical (unpaired) electrons. The molecular weight excluding hydrogens is 179 g/mol. The summed E-state index contributed by atoms with van der Waals surface area (Å²) in [6.07, 6.45) is 0. The highest BCUT2D eigenvalue weighted by Crippen LogP contribution is 2.23. The molecule has 1 rings (SSSR count). The van der Waals surface area contributed by atoms with E-state index >= 15 is 0 Å².